The first kappa shape index (κ1) is 20.6. The van der Waals surface area contributed by atoms with E-state index in [1.807, 2.05) is 6.07 Å². The van der Waals surface area contributed by atoms with Crippen LogP contribution in [0.2, 0.25) is 0 Å². The van der Waals surface area contributed by atoms with Crippen molar-refractivity contribution in [2.75, 3.05) is 26.7 Å². The number of nitrogens with zero attached hydrogens (tertiary/aromatic N) is 3. The topological polar surface area (TPSA) is 134 Å². The summed E-state index contributed by atoms with van der Waals surface area (Å²) >= 11 is 0. The van der Waals surface area contributed by atoms with E-state index in [2.05, 4.69) is 4.98 Å². The number of pyridine rings is 1. The smallest absolute Gasteiger partial charge is 0.270 e. The Labute approximate surface area is 172 Å². The fourth-order valence-corrected chi connectivity index (χ4v) is 2.92. The average molecular weight is 406 g/mol. The summed E-state index contributed by atoms with van der Waals surface area (Å²) in [5, 5.41) is 20.8. The maximum absolute atomic E-state index is 11.2. The van der Waals surface area contributed by atoms with Crippen molar-refractivity contribution in [3.8, 4) is 40.0 Å². The fourth-order valence-electron chi connectivity index (χ4n) is 2.92. The van der Waals surface area contributed by atoms with E-state index in [1.54, 1.807) is 36.4 Å². The van der Waals surface area contributed by atoms with Crippen LogP contribution in [0.5, 0.6) is 11.5 Å². The van der Waals surface area contributed by atoms with E-state index in [-0.39, 0.29) is 23.9 Å². The molecule has 0 atom stereocenters. The molecule has 2 aromatic carbocycles. The molecule has 3 rings (SSSR count). The molecular formula is C21H18N4O5. The van der Waals surface area contributed by atoms with Gasteiger partial charge in [0, 0.05) is 30.4 Å². The quantitative estimate of drug-likeness (QED) is 0.356. The van der Waals surface area contributed by atoms with Crippen LogP contribution in [0, 0.1) is 21.4 Å². The Morgan fingerprint density at radius 3 is 2.63 bits per heavy atom. The molecule has 30 heavy (non-hydrogen) atoms. The average Bonchev–Trinajstić information content (AvgIpc) is 2.77. The molecule has 3 aromatic rings. The number of nitriles is 1. The van der Waals surface area contributed by atoms with Crippen LogP contribution in [0.4, 0.5) is 11.5 Å². The van der Waals surface area contributed by atoms with Gasteiger partial charge in [-0.05, 0) is 29.8 Å². The number of methoxy groups -OCH3 is 2. The van der Waals surface area contributed by atoms with Gasteiger partial charge < -0.3 is 19.9 Å². The number of hydrogen-bond acceptors (Lipinski definition) is 8. The molecule has 1 heterocycles. The Morgan fingerprint density at radius 1 is 1.17 bits per heavy atom. The Morgan fingerprint density at radius 2 is 1.97 bits per heavy atom. The summed E-state index contributed by atoms with van der Waals surface area (Å²) in [5.41, 5.74) is 7.96. The molecule has 9 nitrogen and oxygen atoms in total. The van der Waals surface area contributed by atoms with Gasteiger partial charge in [-0.1, -0.05) is 12.1 Å². The minimum Gasteiger partial charge on any atom is -0.497 e. The summed E-state index contributed by atoms with van der Waals surface area (Å²) in [6, 6.07) is 14.8. The first-order chi connectivity index (χ1) is 14.5. The lowest BCUT2D eigenvalue weighted by Gasteiger charge is -2.14. The van der Waals surface area contributed by atoms with Gasteiger partial charge in [0.25, 0.3) is 5.69 Å². The summed E-state index contributed by atoms with van der Waals surface area (Å²) in [7, 11) is 3.03. The first-order valence-corrected chi connectivity index (χ1v) is 8.74. The number of rotatable bonds is 7. The monoisotopic (exact) mass is 406 g/mol. The maximum atomic E-state index is 11.2. The third-order valence-electron chi connectivity index (χ3n) is 4.32. The van der Waals surface area contributed by atoms with Crippen LogP contribution in [-0.2, 0) is 4.74 Å². The van der Waals surface area contributed by atoms with Crippen LogP contribution >= 0.6 is 0 Å². The van der Waals surface area contributed by atoms with Gasteiger partial charge in [0.15, 0.2) is 6.79 Å². The number of ether oxygens (including phenoxy) is 3. The van der Waals surface area contributed by atoms with Crippen LogP contribution < -0.4 is 15.2 Å². The number of aromatic nitrogens is 1. The molecule has 0 fully saturated rings. The van der Waals surface area contributed by atoms with Crippen molar-refractivity contribution in [3.63, 3.8) is 0 Å². The van der Waals surface area contributed by atoms with E-state index in [9.17, 15) is 15.4 Å². The number of nitro groups is 1. The Kier molecular flexibility index (Phi) is 6.10. The molecule has 0 bridgehead atoms. The summed E-state index contributed by atoms with van der Waals surface area (Å²) in [4.78, 5) is 15.0. The van der Waals surface area contributed by atoms with E-state index in [4.69, 9.17) is 19.9 Å². The van der Waals surface area contributed by atoms with E-state index in [1.165, 1.54) is 26.4 Å². The number of nitrogens with two attached hydrogens (primary N) is 1. The van der Waals surface area contributed by atoms with E-state index in [0.29, 0.717) is 33.9 Å². The number of benzene rings is 2. The molecule has 0 unspecified atom stereocenters. The highest BCUT2D eigenvalue weighted by Crippen LogP contribution is 2.37. The van der Waals surface area contributed by atoms with Crippen molar-refractivity contribution in [1.29, 1.82) is 5.26 Å². The predicted octanol–water partition coefficient (Wildman–Crippen LogP) is 3.77. The molecule has 0 saturated heterocycles. The number of non-ortho nitro benzene ring substituents is 1. The molecule has 0 aliphatic heterocycles. The zero-order chi connectivity index (χ0) is 21.7. The standard InChI is InChI=1S/C21H18N4O5/c1-28-12-30-20-7-6-15(29-2)9-17(20)19-10-16(18(11-22)21(23)24-19)13-4-3-5-14(8-13)25(26)27/h3-10H,12H2,1-2H3,(H2,23,24). The molecule has 0 saturated carbocycles. The second-order valence-electron chi connectivity index (χ2n) is 6.15. The molecule has 0 aliphatic carbocycles. The normalized spacial score (nSPS) is 10.3. The maximum Gasteiger partial charge on any atom is 0.270 e. The van der Waals surface area contributed by atoms with Gasteiger partial charge in [-0.25, -0.2) is 4.98 Å². The lowest BCUT2D eigenvalue weighted by Crippen LogP contribution is -2.03. The molecule has 152 valence electrons. The molecule has 1 aromatic heterocycles. The van der Waals surface area contributed by atoms with Gasteiger partial charge in [0.1, 0.15) is 28.9 Å². The van der Waals surface area contributed by atoms with Gasteiger partial charge in [-0.2, -0.15) is 5.26 Å². The van der Waals surface area contributed by atoms with Gasteiger partial charge in [0.2, 0.25) is 0 Å². The summed E-state index contributed by atoms with van der Waals surface area (Å²) in [6.45, 7) is 0.0167. The van der Waals surface area contributed by atoms with Crippen molar-refractivity contribution in [3.05, 3.63) is 64.2 Å². The number of anilines is 1. The summed E-state index contributed by atoms with van der Waals surface area (Å²) < 4.78 is 15.9. The van der Waals surface area contributed by atoms with Gasteiger partial charge in [-0.15, -0.1) is 0 Å². The second-order valence-corrected chi connectivity index (χ2v) is 6.15. The Bertz CT molecular complexity index is 1140. The summed E-state index contributed by atoms with van der Waals surface area (Å²) in [5.74, 6) is 1.03. The van der Waals surface area contributed by atoms with E-state index in [0.717, 1.165) is 0 Å². The Balaban J connectivity index is 2.23. The number of hydrogen-bond donors (Lipinski definition) is 1. The third-order valence-corrected chi connectivity index (χ3v) is 4.32. The van der Waals surface area contributed by atoms with Crippen LogP contribution in [0.15, 0.2) is 48.5 Å². The van der Waals surface area contributed by atoms with E-state index >= 15 is 0 Å². The minimum absolute atomic E-state index is 0.00276. The minimum atomic E-state index is -0.500. The third kappa shape index (κ3) is 4.14. The number of nitrogen functional groups attached to an aromatic ring is 1. The van der Waals surface area contributed by atoms with E-state index < -0.39 is 4.92 Å². The second kappa shape index (κ2) is 8.89. The molecular weight excluding hydrogens is 388 g/mol. The highest BCUT2D eigenvalue weighted by molar-refractivity contribution is 5.82. The highest BCUT2D eigenvalue weighted by Gasteiger charge is 2.18. The molecule has 0 radical (unpaired) electrons. The van der Waals surface area contributed by atoms with Crippen LogP contribution in [0.3, 0.4) is 0 Å². The molecule has 0 aliphatic rings. The van der Waals surface area contributed by atoms with Gasteiger partial charge >= 0.3 is 0 Å². The zero-order valence-electron chi connectivity index (χ0n) is 16.3. The fraction of sp³-hybridized carbons (Fsp3) is 0.143. The predicted molar refractivity (Wildman–Crippen MR) is 110 cm³/mol. The Hall–Kier alpha value is -4.16. The molecule has 0 spiro atoms. The first-order valence-electron chi connectivity index (χ1n) is 8.74. The SMILES string of the molecule is COCOc1ccc(OC)cc1-c1cc(-c2cccc([N+](=O)[O-])c2)c(C#N)c(N)n1. The van der Waals surface area contributed by atoms with Crippen molar-refractivity contribution < 1.29 is 19.1 Å². The van der Waals surface area contributed by atoms with Gasteiger partial charge in [0.05, 0.1) is 17.7 Å². The van der Waals surface area contributed by atoms with Crippen molar-refractivity contribution in [1.82, 2.24) is 4.98 Å². The van der Waals surface area contributed by atoms with Crippen molar-refractivity contribution >= 4 is 11.5 Å². The zero-order valence-corrected chi connectivity index (χ0v) is 16.3. The molecule has 9 heteroatoms. The van der Waals surface area contributed by atoms with Crippen LogP contribution in [0.1, 0.15) is 5.56 Å². The molecule has 2 N–H and O–H groups in total. The lowest BCUT2D eigenvalue weighted by atomic mass is 9.97. The van der Waals surface area contributed by atoms with Crippen molar-refractivity contribution in [2.24, 2.45) is 0 Å². The molecule has 0 amide bonds. The van der Waals surface area contributed by atoms with Crippen molar-refractivity contribution in [2.45, 2.75) is 0 Å². The number of nitro benzene ring substituents is 1. The lowest BCUT2D eigenvalue weighted by molar-refractivity contribution is -0.384. The van der Waals surface area contributed by atoms with Crippen LogP contribution in [-0.4, -0.2) is 30.9 Å². The summed E-state index contributed by atoms with van der Waals surface area (Å²) in [6.07, 6.45) is 0. The van der Waals surface area contributed by atoms with Crippen LogP contribution in [0.25, 0.3) is 22.4 Å². The highest BCUT2D eigenvalue weighted by atomic mass is 16.7. The largest absolute Gasteiger partial charge is 0.497 e. The van der Waals surface area contributed by atoms with Gasteiger partial charge in [-0.3, -0.25) is 10.1 Å².